The van der Waals surface area contributed by atoms with Gasteiger partial charge in [-0.2, -0.15) is 5.10 Å². The summed E-state index contributed by atoms with van der Waals surface area (Å²) >= 11 is 5.83. The van der Waals surface area contributed by atoms with Crippen molar-refractivity contribution in [3.8, 4) is 0 Å². The van der Waals surface area contributed by atoms with Crippen LogP contribution in [0.15, 0.2) is 59.7 Å². The Hall–Kier alpha value is -2.73. The minimum Gasteiger partial charge on any atom is -0.286 e. The smallest absolute Gasteiger partial charge is 0.269 e. The van der Waals surface area contributed by atoms with E-state index in [1.165, 1.54) is 24.3 Å². The number of carbonyl (C=O) groups is 1. The molecule has 0 heterocycles. The van der Waals surface area contributed by atoms with Gasteiger partial charge in [-0.15, -0.1) is 0 Å². The zero-order valence-corrected chi connectivity index (χ0v) is 11.4. The van der Waals surface area contributed by atoms with Crippen LogP contribution in [0.4, 0.5) is 11.4 Å². The molecule has 0 atom stereocenters. The van der Waals surface area contributed by atoms with E-state index in [-0.39, 0.29) is 10.9 Å². The summed E-state index contributed by atoms with van der Waals surface area (Å²) in [5.74, 6) is -0.410. The standard InChI is InChI=1S/C14H10ClN3O3/c15-14(13(19)10-4-2-1-3-5-10)17-16-11-6-8-12(9-7-11)18(20)21/h1-9,16H. The van der Waals surface area contributed by atoms with E-state index >= 15 is 0 Å². The molecule has 0 fully saturated rings. The van der Waals surface area contributed by atoms with Crippen molar-refractivity contribution in [2.24, 2.45) is 5.10 Å². The lowest BCUT2D eigenvalue weighted by Gasteiger charge is -2.01. The average Bonchev–Trinajstić information content (AvgIpc) is 2.53. The van der Waals surface area contributed by atoms with E-state index in [1.54, 1.807) is 30.3 Å². The highest BCUT2D eigenvalue weighted by Gasteiger charge is 2.11. The normalized spacial score (nSPS) is 11.0. The molecule has 0 saturated carbocycles. The number of non-ortho nitro benzene ring substituents is 1. The van der Waals surface area contributed by atoms with E-state index in [1.807, 2.05) is 0 Å². The van der Waals surface area contributed by atoms with Crippen LogP contribution in [0.2, 0.25) is 0 Å². The second-order valence-corrected chi connectivity index (χ2v) is 4.37. The van der Waals surface area contributed by atoms with Crippen LogP contribution in [0.3, 0.4) is 0 Å². The second-order valence-electron chi connectivity index (χ2n) is 4.01. The summed E-state index contributed by atoms with van der Waals surface area (Å²) in [7, 11) is 0. The first-order valence-electron chi connectivity index (χ1n) is 5.91. The van der Waals surface area contributed by atoms with Crippen molar-refractivity contribution in [1.82, 2.24) is 0 Å². The molecule has 0 aliphatic rings. The molecule has 0 bridgehead atoms. The van der Waals surface area contributed by atoms with Gasteiger partial charge in [-0.3, -0.25) is 20.3 Å². The fourth-order valence-electron chi connectivity index (χ4n) is 1.53. The van der Waals surface area contributed by atoms with E-state index in [0.29, 0.717) is 11.3 Å². The molecule has 2 aromatic rings. The highest BCUT2D eigenvalue weighted by molar-refractivity contribution is 6.84. The summed E-state index contributed by atoms with van der Waals surface area (Å²) in [6, 6.07) is 14.1. The Balaban J connectivity index is 2.06. The molecule has 0 aliphatic heterocycles. The van der Waals surface area contributed by atoms with Crippen molar-refractivity contribution < 1.29 is 9.72 Å². The van der Waals surface area contributed by atoms with E-state index in [0.717, 1.165) is 0 Å². The van der Waals surface area contributed by atoms with Gasteiger partial charge in [0.1, 0.15) is 0 Å². The minimum absolute atomic E-state index is 0.0315. The lowest BCUT2D eigenvalue weighted by molar-refractivity contribution is -0.384. The Morgan fingerprint density at radius 1 is 1.10 bits per heavy atom. The number of hydrogen-bond acceptors (Lipinski definition) is 5. The second kappa shape index (κ2) is 6.62. The molecule has 6 nitrogen and oxygen atoms in total. The predicted molar refractivity (Wildman–Crippen MR) is 80.8 cm³/mol. The number of Topliss-reactive ketones (excluding diaryl/α,β-unsaturated/α-hetero) is 1. The van der Waals surface area contributed by atoms with E-state index in [4.69, 9.17) is 11.6 Å². The average molecular weight is 304 g/mol. The van der Waals surface area contributed by atoms with Gasteiger partial charge in [-0.25, -0.2) is 0 Å². The van der Waals surface area contributed by atoms with Gasteiger partial charge in [-0.1, -0.05) is 41.9 Å². The Morgan fingerprint density at radius 2 is 1.71 bits per heavy atom. The third kappa shape index (κ3) is 3.87. The molecule has 21 heavy (non-hydrogen) atoms. The summed E-state index contributed by atoms with van der Waals surface area (Å²) in [6.07, 6.45) is 0. The molecule has 0 aromatic heterocycles. The third-order valence-electron chi connectivity index (χ3n) is 2.58. The van der Waals surface area contributed by atoms with E-state index in [2.05, 4.69) is 10.5 Å². The number of carbonyl (C=O) groups excluding carboxylic acids is 1. The number of nitro groups is 1. The van der Waals surface area contributed by atoms with Gasteiger partial charge in [-0.05, 0) is 12.1 Å². The van der Waals surface area contributed by atoms with Crippen LogP contribution < -0.4 is 5.43 Å². The largest absolute Gasteiger partial charge is 0.286 e. The van der Waals surface area contributed by atoms with Crippen molar-refractivity contribution in [2.45, 2.75) is 0 Å². The number of anilines is 1. The number of hydrogen-bond donors (Lipinski definition) is 1. The molecule has 0 spiro atoms. The van der Waals surface area contributed by atoms with Gasteiger partial charge in [0.25, 0.3) is 5.69 Å². The van der Waals surface area contributed by atoms with Crippen molar-refractivity contribution in [3.63, 3.8) is 0 Å². The summed E-state index contributed by atoms with van der Waals surface area (Å²) in [6.45, 7) is 0. The third-order valence-corrected chi connectivity index (χ3v) is 2.84. The summed E-state index contributed by atoms with van der Waals surface area (Å²) in [5.41, 5.74) is 3.46. The van der Waals surface area contributed by atoms with Crippen LogP contribution in [0.5, 0.6) is 0 Å². The van der Waals surface area contributed by atoms with Gasteiger partial charge in [0.2, 0.25) is 5.78 Å². The monoisotopic (exact) mass is 303 g/mol. The summed E-state index contributed by atoms with van der Waals surface area (Å²) < 4.78 is 0. The lowest BCUT2D eigenvalue weighted by atomic mass is 10.1. The number of halogens is 1. The summed E-state index contributed by atoms with van der Waals surface area (Å²) in [4.78, 5) is 21.9. The van der Waals surface area contributed by atoms with Crippen molar-refractivity contribution in [1.29, 1.82) is 0 Å². The van der Waals surface area contributed by atoms with Crippen molar-refractivity contribution in [3.05, 3.63) is 70.3 Å². The highest BCUT2D eigenvalue weighted by atomic mass is 35.5. The first-order chi connectivity index (χ1) is 10.1. The number of nitrogens with one attached hydrogen (secondary N) is 1. The SMILES string of the molecule is O=C(C(Cl)=NNc1ccc([N+](=O)[O-])cc1)c1ccccc1. The topological polar surface area (TPSA) is 84.6 Å². The number of hydrazone groups is 1. The maximum atomic E-state index is 11.9. The molecule has 106 valence electrons. The van der Waals surface area contributed by atoms with Crippen LogP contribution in [0, 0.1) is 10.1 Å². The molecule has 1 N–H and O–H groups in total. The maximum absolute atomic E-state index is 11.9. The zero-order valence-electron chi connectivity index (χ0n) is 10.7. The van der Waals surface area contributed by atoms with Crippen LogP contribution in [0.1, 0.15) is 10.4 Å². The van der Waals surface area contributed by atoms with Crippen molar-refractivity contribution >= 4 is 33.9 Å². The first kappa shape index (κ1) is 14.7. The van der Waals surface area contributed by atoms with Gasteiger partial charge in [0.05, 0.1) is 10.6 Å². The van der Waals surface area contributed by atoms with Crippen LogP contribution in [-0.2, 0) is 0 Å². The van der Waals surface area contributed by atoms with Crippen LogP contribution >= 0.6 is 11.6 Å². The number of nitrogens with zero attached hydrogens (tertiary/aromatic N) is 2. The fourth-order valence-corrected chi connectivity index (χ4v) is 1.68. The molecular weight excluding hydrogens is 294 g/mol. The molecule has 0 saturated heterocycles. The van der Waals surface area contributed by atoms with Crippen molar-refractivity contribution in [2.75, 3.05) is 5.43 Å². The fraction of sp³-hybridized carbons (Fsp3) is 0. The molecular formula is C14H10ClN3O3. The molecule has 0 unspecified atom stereocenters. The first-order valence-corrected chi connectivity index (χ1v) is 6.29. The Bertz CT molecular complexity index is 684. The van der Waals surface area contributed by atoms with Gasteiger partial charge in [0.15, 0.2) is 5.17 Å². The quantitative estimate of drug-likeness (QED) is 0.397. The lowest BCUT2D eigenvalue weighted by Crippen LogP contribution is -2.09. The van der Waals surface area contributed by atoms with Gasteiger partial charge < -0.3 is 0 Å². The Labute approximate surface area is 125 Å². The van der Waals surface area contributed by atoms with Gasteiger partial charge >= 0.3 is 0 Å². The zero-order chi connectivity index (χ0) is 15.2. The molecule has 7 heteroatoms. The Morgan fingerprint density at radius 3 is 2.29 bits per heavy atom. The maximum Gasteiger partial charge on any atom is 0.269 e. The number of benzene rings is 2. The van der Waals surface area contributed by atoms with Crippen LogP contribution in [0.25, 0.3) is 0 Å². The molecule has 0 amide bonds. The van der Waals surface area contributed by atoms with E-state index in [9.17, 15) is 14.9 Å². The molecule has 2 aromatic carbocycles. The van der Waals surface area contributed by atoms with Crippen LogP contribution in [-0.4, -0.2) is 15.9 Å². The molecule has 0 aliphatic carbocycles. The highest BCUT2D eigenvalue weighted by Crippen LogP contribution is 2.15. The number of rotatable bonds is 5. The van der Waals surface area contributed by atoms with Gasteiger partial charge in [0, 0.05) is 17.7 Å². The predicted octanol–water partition coefficient (Wildman–Crippen LogP) is 3.44. The summed E-state index contributed by atoms with van der Waals surface area (Å²) in [5, 5.41) is 14.1. The number of nitro benzene ring substituents is 1. The molecule has 0 radical (unpaired) electrons. The Kier molecular flexibility index (Phi) is 4.63. The minimum atomic E-state index is -0.501. The van der Waals surface area contributed by atoms with E-state index < -0.39 is 10.7 Å². The molecule has 2 rings (SSSR count). The number of ketones is 1.